The lowest BCUT2D eigenvalue weighted by molar-refractivity contribution is 0.756. The van der Waals surface area contributed by atoms with Crippen molar-refractivity contribution in [2.45, 2.75) is 12.2 Å². The molecule has 0 aliphatic carbocycles. The number of hydrogen-bond acceptors (Lipinski definition) is 4. The number of nitrogens with one attached hydrogen (secondary N) is 2. The molecule has 2 heterocycles. The monoisotopic (exact) mass is 692 g/mol. The fourth-order valence-corrected chi connectivity index (χ4v) is 7.84. The molecule has 256 valence electrons. The maximum Gasteiger partial charge on any atom is 0.169 e. The maximum absolute atomic E-state index is 5.05. The summed E-state index contributed by atoms with van der Waals surface area (Å²) in [5.41, 5.74) is 14.2. The van der Waals surface area contributed by atoms with Crippen LogP contribution in [0.5, 0.6) is 0 Å². The maximum atomic E-state index is 5.05. The van der Waals surface area contributed by atoms with Crippen LogP contribution in [-0.4, -0.2) is 11.7 Å². The lowest BCUT2D eigenvalue weighted by Gasteiger charge is -2.30. The number of fused-ring (bicyclic) bond motifs is 4. The first-order valence-electron chi connectivity index (χ1n) is 18.5. The van der Waals surface area contributed by atoms with Crippen molar-refractivity contribution >= 4 is 28.1 Å². The normalized spacial score (nSPS) is 15.9. The molecule has 0 saturated carbocycles. The van der Waals surface area contributed by atoms with E-state index in [9.17, 15) is 0 Å². The molecule has 2 atom stereocenters. The smallest absolute Gasteiger partial charge is 0.169 e. The van der Waals surface area contributed by atoms with Crippen molar-refractivity contribution in [2.24, 2.45) is 9.98 Å². The van der Waals surface area contributed by atoms with Crippen molar-refractivity contribution < 1.29 is 0 Å². The molecular weight excluding hydrogens is 657 g/mol. The van der Waals surface area contributed by atoms with E-state index in [4.69, 9.17) is 9.98 Å². The van der Waals surface area contributed by atoms with E-state index >= 15 is 0 Å². The van der Waals surface area contributed by atoms with Crippen molar-refractivity contribution in [1.29, 1.82) is 0 Å². The van der Waals surface area contributed by atoms with E-state index in [0.717, 1.165) is 33.9 Å². The lowest BCUT2D eigenvalue weighted by Crippen LogP contribution is -2.36. The molecular formula is C50H36N4. The van der Waals surface area contributed by atoms with Gasteiger partial charge in [-0.25, -0.2) is 9.98 Å². The topological polar surface area (TPSA) is 48.8 Å². The van der Waals surface area contributed by atoms with Crippen LogP contribution in [0.15, 0.2) is 204 Å². The zero-order valence-corrected chi connectivity index (χ0v) is 29.5. The minimum Gasteiger partial charge on any atom is -0.374 e. The third-order valence-corrected chi connectivity index (χ3v) is 10.6. The summed E-state index contributed by atoms with van der Waals surface area (Å²) in [6.45, 7) is 0. The molecule has 4 heteroatoms. The SMILES string of the molecule is c1ccc(C2=NC(c3ccccc3)N=C(c3ccc(-c4cccc5cc(-c6ccc(C7Nc8ccccc8-c8ccccc87)cc6)ccc45)cc3)N2)cc1. The molecule has 2 N–H and O–H groups in total. The van der Waals surface area contributed by atoms with Crippen molar-refractivity contribution in [3.63, 3.8) is 0 Å². The van der Waals surface area contributed by atoms with Crippen molar-refractivity contribution in [3.05, 3.63) is 222 Å². The summed E-state index contributed by atoms with van der Waals surface area (Å²) in [6.07, 6.45) is -0.320. The van der Waals surface area contributed by atoms with E-state index in [2.05, 4.69) is 168 Å². The van der Waals surface area contributed by atoms with E-state index in [0.29, 0.717) is 0 Å². The molecule has 0 bridgehead atoms. The van der Waals surface area contributed by atoms with E-state index in [1.54, 1.807) is 0 Å². The summed E-state index contributed by atoms with van der Waals surface area (Å²) in [5.74, 6) is 1.63. The molecule has 0 saturated heterocycles. The fourth-order valence-electron chi connectivity index (χ4n) is 7.84. The largest absolute Gasteiger partial charge is 0.374 e. The lowest BCUT2D eigenvalue weighted by atomic mass is 9.86. The Labute approximate surface area is 315 Å². The number of aliphatic imine (C=N–C) groups is 2. The number of para-hydroxylation sites is 1. The third-order valence-electron chi connectivity index (χ3n) is 10.6. The molecule has 8 aromatic rings. The molecule has 0 fully saturated rings. The number of amidine groups is 2. The van der Waals surface area contributed by atoms with E-state index in [1.807, 2.05) is 36.4 Å². The van der Waals surface area contributed by atoms with Crippen LogP contribution in [0.4, 0.5) is 5.69 Å². The summed E-state index contributed by atoms with van der Waals surface area (Å²) in [6, 6.07) is 69.1. The molecule has 54 heavy (non-hydrogen) atoms. The van der Waals surface area contributed by atoms with Gasteiger partial charge >= 0.3 is 0 Å². The highest BCUT2D eigenvalue weighted by Gasteiger charge is 2.25. The summed E-state index contributed by atoms with van der Waals surface area (Å²) < 4.78 is 0. The molecule has 2 unspecified atom stereocenters. The second kappa shape index (κ2) is 13.5. The Morgan fingerprint density at radius 2 is 0.981 bits per heavy atom. The second-order valence-corrected chi connectivity index (χ2v) is 13.9. The predicted octanol–water partition coefficient (Wildman–Crippen LogP) is 11.9. The van der Waals surface area contributed by atoms with Gasteiger partial charge in [0.2, 0.25) is 0 Å². The minimum absolute atomic E-state index is 0.0981. The first-order valence-corrected chi connectivity index (χ1v) is 18.5. The van der Waals surface area contributed by atoms with Gasteiger partial charge in [0.25, 0.3) is 0 Å². The van der Waals surface area contributed by atoms with Gasteiger partial charge in [-0.2, -0.15) is 0 Å². The van der Waals surface area contributed by atoms with Crippen LogP contribution in [0.25, 0.3) is 44.2 Å². The molecule has 2 aliphatic rings. The summed E-state index contributed by atoms with van der Waals surface area (Å²) in [7, 11) is 0. The summed E-state index contributed by atoms with van der Waals surface area (Å²) in [4.78, 5) is 10.0. The van der Waals surface area contributed by atoms with E-state index in [1.165, 1.54) is 55.4 Å². The Balaban J connectivity index is 0.921. The number of benzene rings is 8. The van der Waals surface area contributed by atoms with Crippen LogP contribution in [0.1, 0.15) is 40.0 Å². The second-order valence-electron chi connectivity index (χ2n) is 13.9. The zero-order chi connectivity index (χ0) is 35.8. The first kappa shape index (κ1) is 31.7. The van der Waals surface area contributed by atoms with Crippen LogP contribution in [0.3, 0.4) is 0 Å². The average molecular weight is 693 g/mol. The molecule has 0 radical (unpaired) electrons. The van der Waals surface area contributed by atoms with Crippen LogP contribution in [0, 0.1) is 0 Å². The van der Waals surface area contributed by atoms with Crippen LogP contribution in [0.2, 0.25) is 0 Å². The Morgan fingerprint density at radius 1 is 0.389 bits per heavy atom. The number of hydrogen-bond donors (Lipinski definition) is 2. The van der Waals surface area contributed by atoms with Crippen molar-refractivity contribution in [1.82, 2.24) is 5.32 Å². The number of anilines is 1. The minimum atomic E-state index is -0.320. The van der Waals surface area contributed by atoms with Gasteiger partial charge in [0, 0.05) is 22.4 Å². The quantitative estimate of drug-likeness (QED) is 0.182. The van der Waals surface area contributed by atoms with Gasteiger partial charge in [-0.3, -0.25) is 0 Å². The van der Waals surface area contributed by atoms with Crippen molar-refractivity contribution in [3.8, 4) is 33.4 Å². The van der Waals surface area contributed by atoms with Gasteiger partial charge in [-0.15, -0.1) is 0 Å². The highest BCUT2D eigenvalue weighted by molar-refractivity contribution is 6.16. The van der Waals surface area contributed by atoms with Crippen LogP contribution < -0.4 is 10.6 Å². The molecule has 4 nitrogen and oxygen atoms in total. The Hall–Kier alpha value is -7.04. The Morgan fingerprint density at radius 3 is 1.76 bits per heavy atom. The third kappa shape index (κ3) is 5.84. The van der Waals surface area contributed by atoms with Crippen LogP contribution >= 0.6 is 0 Å². The van der Waals surface area contributed by atoms with E-state index in [-0.39, 0.29) is 12.2 Å². The van der Waals surface area contributed by atoms with Gasteiger partial charge in [0.1, 0.15) is 11.7 Å². The Bertz CT molecular complexity index is 2700. The molecule has 10 rings (SSSR count). The number of rotatable bonds is 6. The highest BCUT2D eigenvalue weighted by atomic mass is 15.2. The molecule has 0 amide bonds. The molecule has 0 spiro atoms. The molecule has 8 aromatic carbocycles. The summed E-state index contributed by atoms with van der Waals surface area (Å²) >= 11 is 0. The van der Waals surface area contributed by atoms with Gasteiger partial charge in [-0.1, -0.05) is 182 Å². The van der Waals surface area contributed by atoms with Gasteiger partial charge in [0.15, 0.2) is 6.17 Å². The van der Waals surface area contributed by atoms with E-state index < -0.39 is 0 Å². The standard InChI is InChI=1S/C50H36N4/c1-3-12-36(13-4-1)48-52-49(37-14-5-2-6-15-37)54-50(53-48)38-28-24-34(25-29-38)41-20-11-16-40-32-39(30-31-42(40)41)33-22-26-35(27-23-33)47-45-19-8-7-17-43(45)44-18-9-10-21-46(44)51-47/h1-32,47-48,51H,(H,52,53,54). The van der Waals surface area contributed by atoms with Gasteiger partial charge in [0.05, 0.1) is 6.04 Å². The van der Waals surface area contributed by atoms with Gasteiger partial charge < -0.3 is 10.6 Å². The van der Waals surface area contributed by atoms with Gasteiger partial charge in [-0.05, 0) is 67.4 Å². The van der Waals surface area contributed by atoms with Crippen molar-refractivity contribution in [2.75, 3.05) is 5.32 Å². The molecule has 2 aliphatic heterocycles. The fraction of sp³-hybridized carbons (Fsp3) is 0.0400. The Kier molecular flexibility index (Phi) is 7.92. The highest BCUT2D eigenvalue weighted by Crippen LogP contribution is 2.43. The first-order chi connectivity index (χ1) is 26.7. The average Bonchev–Trinajstić information content (AvgIpc) is 3.26. The molecule has 0 aromatic heterocycles. The summed E-state index contributed by atoms with van der Waals surface area (Å²) in [5, 5.41) is 9.76. The predicted molar refractivity (Wildman–Crippen MR) is 224 cm³/mol. The number of nitrogens with zero attached hydrogens (tertiary/aromatic N) is 2. The zero-order valence-electron chi connectivity index (χ0n) is 29.5. The van der Waals surface area contributed by atoms with Crippen LogP contribution in [-0.2, 0) is 0 Å².